The fraction of sp³-hybridized carbons (Fsp3) is 0.400. The van der Waals surface area contributed by atoms with Crippen molar-refractivity contribution >= 4 is 11.4 Å². The van der Waals surface area contributed by atoms with Crippen LogP contribution < -0.4 is 11.2 Å². The van der Waals surface area contributed by atoms with Crippen LogP contribution in [0.25, 0.3) is 0 Å². The molecule has 0 aliphatic rings. The molecule has 0 radical (unpaired) electrons. The van der Waals surface area contributed by atoms with E-state index in [1.807, 2.05) is 52.8 Å². The second-order valence-electron chi connectivity index (χ2n) is 5.54. The van der Waals surface area contributed by atoms with E-state index >= 15 is 0 Å². The van der Waals surface area contributed by atoms with Gasteiger partial charge in [0.1, 0.15) is 5.60 Å². The maximum Gasteiger partial charge on any atom is 0.200 e. The summed E-state index contributed by atoms with van der Waals surface area (Å²) in [5.41, 5.74) is 12.0. The van der Waals surface area contributed by atoms with E-state index in [1.165, 1.54) is 0 Å². The van der Waals surface area contributed by atoms with Crippen LogP contribution in [0.2, 0.25) is 0 Å². The molecule has 0 fully saturated rings. The Morgan fingerprint density at radius 3 is 2.58 bits per heavy atom. The first-order valence-corrected chi connectivity index (χ1v) is 6.24. The van der Waals surface area contributed by atoms with Gasteiger partial charge in [-0.3, -0.25) is 0 Å². The highest BCUT2D eigenvalue weighted by molar-refractivity contribution is 6.03. The predicted octanol–water partition coefficient (Wildman–Crippen LogP) is 3.18. The zero-order valence-electron chi connectivity index (χ0n) is 12.4. The van der Waals surface area contributed by atoms with Gasteiger partial charge in [-0.1, -0.05) is 11.6 Å². The van der Waals surface area contributed by atoms with E-state index in [1.54, 1.807) is 0 Å². The minimum atomic E-state index is -0.296. The number of benzene rings is 1. The van der Waals surface area contributed by atoms with Crippen molar-refractivity contribution in [3.05, 3.63) is 41.8 Å². The standard InChI is InChI=1S/C15H23N3O/c1-10-7-8-14(16)13(9-10)11(2)17-18-12(3)19-15(4,5)6/h7-9,18H,3,16H2,1-2,4-6H3/b17-11+. The zero-order chi connectivity index (χ0) is 14.6. The van der Waals surface area contributed by atoms with E-state index in [4.69, 9.17) is 10.5 Å². The van der Waals surface area contributed by atoms with E-state index in [9.17, 15) is 0 Å². The van der Waals surface area contributed by atoms with E-state index in [0.717, 1.165) is 16.8 Å². The highest BCUT2D eigenvalue weighted by Gasteiger charge is 2.12. The highest BCUT2D eigenvalue weighted by Crippen LogP contribution is 2.15. The SMILES string of the molecule is C=C(N/N=C(\C)c1cc(C)ccc1N)OC(C)(C)C. The maximum atomic E-state index is 5.94. The first kappa shape index (κ1) is 15.1. The Bertz CT molecular complexity index is 499. The molecule has 1 rings (SSSR count). The van der Waals surface area contributed by atoms with Gasteiger partial charge in [0.05, 0.1) is 5.71 Å². The van der Waals surface area contributed by atoms with Gasteiger partial charge >= 0.3 is 0 Å². The molecule has 0 unspecified atom stereocenters. The Hall–Kier alpha value is -1.97. The quantitative estimate of drug-likeness (QED) is 0.379. The molecule has 0 atom stereocenters. The summed E-state index contributed by atoms with van der Waals surface area (Å²) in [6.45, 7) is 13.5. The van der Waals surface area contributed by atoms with Gasteiger partial charge in [-0.15, -0.1) is 0 Å². The summed E-state index contributed by atoms with van der Waals surface area (Å²) in [4.78, 5) is 0. The van der Waals surface area contributed by atoms with E-state index in [2.05, 4.69) is 17.1 Å². The molecule has 0 aliphatic carbocycles. The number of nitrogens with one attached hydrogen (secondary N) is 1. The fourth-order valence-electron chi connectivity index (χ4n) is 1.58. The topological polar surface area (TPSA) is 59.6 Å². The van der Waals surface area contributed by atoms with Gasteiger partial charge in [0.15, 0.2) is 5.88 Å². The molecule has 0 heterocycles. The monoisotopic (exact) mass is 261 g/mol. The van der Waals surface area contributed by atoms with Gasteiger partial charge in [-0.2, -0.15) is 5.10 Å². The number of nitrogens with zero attached hydrogens (tertiary/aromatic N) is 1. The zero-order valence-corrected chi connectivity index (χ0v) is 12.4. The van der Waals surface area contributed by atoms with Crippen molar-refractivity contribution in [3.63, 3.8) is 0 Å². The summed E-state index contributed by atoms with van der Waals surface area (Å²) in [6, 6.07) is 5.86. The van der Waals surface area contributed by atoms with Gasteiger partial charge in [0.25, 0.3) is 0 Å². The Morgan fingerprint density at radius 2 is 2.00 bits per heavy atom. The fourth-order valence-corrected chi connectivity index (χ4v) is 1.58. The van der Waals surface area contributed by atoms with Crippen molar-refractivity contribution in [3.8, 4) is 0 Å². The molecule has 0 aromatic heterocycles. The average Bonchev–Trinajstić information content (AvgIpc) is 2.27. The molecule has 0 saturated heterocycles. The van der Waals surface area contributed by atoms with Crippen LogP contribution in [0.1, 0.15) is 38.8 Å². The third-order valence-electron chi connectivity index (χ3n) is 2.38. The van der Waals surface area contributed by atoms with Crippen LogP contribution in [-0.2, 0) is 4.74 Å². The van der Waals surface area contributed by atoms with Crippen LogP contribution in [0.5, 0.6) is 0 Å². The van der Waals surface area contributed by atoms with Crippen molar-refractivity contribution < 1.29 is 4.74 Å². The lowest BCUT2D eigenvalue weighted by atomic mass is 10.1. The molecule has 0 amide bonds. The summed E-state index contributed by atoms with van der Waals surface area (Å²) >= 11 is 0. The van der Waals surface area contributed by atoms with Gasteiger partial charge in [-0.05, 0) is 53.3 Å². The van der Waals surface area contributed by atoms with Crippen molar-refractivity contribution in [2.75, 3.05) is 5.73 Å². The van der Waals surface area contributed by atoms with Crippen LogP contribution in [0.15, 0.2) is 35.8 Å². The second kappa shape index (κ2) is 5.78. The van der Waals surface area contributed by atoms with Gasteiger partial charge in [0, 0.05) is 11.3 Å². The van der Waals surface area contributed by atoms with Crippen LogP contribution in [-0.4, -0.2) is 11.3 Å². The van der Waals surface area contributed by atoms with Crippen molar-refractivity contribution in [2.24, 2.45) is 5.10 Å². The number of anilines is 1. The van der Waals surface area contributed by atoms with E-state index < -0.39 is 0 Å². The molecule has 0 bridgehead atoms. The Morgan fingerprint density at radius 1 is 1.37 bits per heavy atom. The third kappa shape index (κ3) is 5.04. The highest BCUT2D eigenvalue weighted by atomic mass is 16.5. The van der Waals surface area contributed by atoms with Crippen molar-refractivity contribution in [2.45, 2.75) is 40.2 Å². The molecule has 19 heavy (non-hydrogen) atoms. The summed E-state index contributed by atoms with van der Waals surface area (Å²) in [7, 11) is 0. The maximum absolute atomic E-state index is 5.94. The molecule has 104 valence electrons. The van der Waals surface area contributed by atoms with Crippen LogP contribution in [0.3, 0.4) is 0 Å². The van der Waals surface area contributed by atoms with Crippen LogP contribution in [0.4, 0.5) is 5.69 Å². The second-order valence-corrected chi connectivity index (χ2v) is 5.54. The first-order valence-electron chi connectivity index (χ1n) is 6.24. The molecule has 0 aliphatic heterocycles. The van der Waals surface area contributed by atoms with Crippen molar-refractivity contribution in [1.82, 2.24) is 5.43 Å². The van der Waals surface area contributed by atoms with Gasteiger partial charge < -0.3 is 10.5 Å². The van der Waals surface area contributed by atoms with Gasteiger partial charge in [0.2, 0.25) is 0 Å². The first-order chi connectivity index (χ1) is 8.69. The summed E-state index contributed by atoms with van der Waals surface area (Å²) in [5.74, 6) is 0.415. The third-order valence-corrected chi connectivity index (χ3v) is 2.38. The molecule has 3 N–H and O–H groups in total. The Kier molecular flexibility index (Phi) is 4.59. The van der Waals surface area contributed by atoms with E-state index in [-0.39, 0.29) is 5.60 Å². The molecular weight excluding hydrogens is 238 g/mol. The number of ether oxygens (including phenoxy) is 1. The Balaban J connectivity index is 2.77. The largest absolute Gasteiger partial charge is 0.473 e. The minimum Gasteiger partial charge on any atom is -0.473 e. The number of hydrogen-bond donors (Lipinski definition) is 2. The summed E-state index contributed by atoms with van der Waals surface area (Å²) < 4.78 is 5.53. The predicted molar refractivity (Wildman–Crippen MR) is 80.9 cm³/mol. The lowest BCUT2D eigenvalue weighted by molar-refractivity contribution is 0.0418. The van der Waals surface area contributed by atoms with Crippen LogP contribution in [0, 0.1) is 6.92 Å². The summed E-state index contributed by atoms with van der Waals surface area (Å²) in [6.07, 6.45) is 0. The molecule has 4 heteroatoms. The van der Waals surface area contributed by atoms with Gasteiger partial charge in [-0.25, -0.2) is 5.43 Å². The molecule has 4 nitrogen and oxygen atoms in total. The number of nitrogens with two attached hydrogens (primary N) is 1. The van der Waals surface area contributed by atoms with Crippen LogP contribution >= 0.6 is 0 Å². The summed E-state index contributed by atoms with van der Waals surface area (Å²) in [5, 5.41) is 4.24. The number of hydrazone groups is 1. The average molecular weight is 261 g/mol. The molecule has 1 aromatic rings. The molecule has 0 saturated carbocycles. The number of hydrogen-bond acceptors (Lipinski definition) is 4. The lowest BCUT2D eigenvalue weighted by Gasteiger charge is -2.22. The molecular formula is C15H23N3O. The number of aryl methyl sites for hydroxylation is 1. The smallest absolute Gasteiger partial charge is 0.200 e. The number of rotatable bonds is 4. The number of nitrogen functional groups attached to an aromatic ring is 1. The molecule has 1 aromatic carbocycles. The van der Waals surface area contributed by atoms with E-state index in [0.29, 0.717) is 11.6 Å². The minimum absolute atomic E-state index is 0.296. The van der Waals surface area contributed by atoms with Crippen molar-refractivity contribution in [1.29, 1.82) is 0 Å². The lowest BCUT2D eigenvalue weighted by Crippen LogP contribution is -2.23. The normalized spacial score (nSPS) is 12.2. The molecule has 0 spiro atoms. The Labute approximate surface area is 115 Å².